The summed E-state index contributed by atoms with van der Waals surface area (Å²) in [7, 11) is 0. The molecule has 0 atom stereocenters. The summed E-state index contributed by atoms with van der Waals surface area (Å²) >= 11 is 2.48. The van der Waals surface area contributed by atoms with Gasteiger partial charge in [0.2, 0.25) is 0 Å². The van der Waals surface area contributed by atoms with Gasteiger partial charge in [0.1, 0.15) is 22.1 Å². The van der Waals surface area contributed by atoms with Crippen LogP contribution in [-0.4, -0.2) is 17.5 Å². The molecule has 0 aliphatic rings. The van der Waals surface area contributed by atoms with Gasteiger partial charge in [-0.25, -0.2) is 0 Å². The molecule has 0 N–H and O–H groups in total. The Bertz CT molecular complexity index is 849. The van der Waals surface area contributed by atoms with E-state index in [1.54, 1.807) is 0 Å². The lowest BCUT2D eigenvalue weighted by molar-refractivity contribution is 1.59. The predicted octanol–water partition coefficient (Wildman–Crippen LogP) is 3.36. The molecule has 4 aromatic rings. The van der Waals surface area contributed by atoms with E-state index in [1.165, 1.54) is 23.5 Å². The van der Waals surface area contributed by atoms with Crippen molar-refractivity contribution in [2.75, 3.05) is 0 Å². The van der Waals surface area contributed by atoms with Crippen molar-refractivity contribution in [3.63, 3.8) is 0 Å². The molecule has 6 heteroatoms. The molecular weight excluding hydrogens is 264 g/mol. The van der Waals surface area contributed by atoms with Gasteiger partial charge in [0.25, 0.3) is 0 Å². The summed E-state index contributed by atoms with van der Waals surface area (Å²) in [6.45, 7) is 0. The van der Waals surface area contributed by atoms with Gasteiger partial charge in [-0.05, 0) is 23.8 Å². The van der Waals surface area contributed by atoms with Gasteiger partial charge in [-0.1, -0.05) is 18.2 Å². The Morgan fingerprint density at radius 1 is 0.722 bits per heavy atom. The molecule has 86 valence electrons. The number of hydrogen-bond acceptors (Lipinski definition) is 6. The van der Waals surface area contributed by atoms with E-state index in [2.05, 4.69) is 29.6 Å². The topological polar surface area (TPSA) is 51.6 Å². The highest BCUT2D eigenvalue weighted by atomic mass is 32.1. The highest BCUT2D eigenvalue weighted by Gasteiger charge is 2.08. The second-order valence-electron chi connectivity index (χ2n) is 3.91. The zero-order valence-corrected chi connectivity index (χ0v) is 10.7. The standard InChI is InChI=1S/C12H6N4S2/c1-2-8(12-10(3-1)14-18-16-12)7-4-5-9-11(6-7)15-17-13-9/h1-6H. The van der Waals surface area contributed by atoms with Crippen LogP contribution in [0.15, 0.2) is 36.4 Å². The van der Waals surface area contributed by atoms with Gasteiger partial charge in [0, 0.05) is 5.56 Å². The molecule has 0 radical (unpaired) electrons. The van der Waals surface area contributed by atoms with Crippen molar-refractivity contribution in [3.8, 4) is 11.1 Å². The van der Waals surface area contributed by atoms with E-state index in [4.69, 9.17) is 0 Å². The zero-order valence-electron chi connectivity index (χ0n) is 9.07. The van der Waals surface area contributed by atoms with E-state index in [9.17, 15) is 0 Å². The average molecular weight is 270 g/mol. The van der Waals surface area contributed by atoms with Crippen LogP contribution in [0.1, 0.15) is 0 Å². The van der Waals surface area contributed by atoms with Crippen molar-refractivity contribution in [3.05, 3.63) is 36.4 Å². The van der Waals surface area contributed by atoms with Crippen molar-refractivity contribution in [2.45, 2.75) is 0 Å². The first-order valence-corrected chi connectivity index (χ1v) is 6.82. The summed E-state index contributed by atoms with van der Waals surface area (Å²) in [6, 6.07) is 12.1. The Morgan fingerprint density at radius 2 is 1.56 bits per heavy atom. The molecule has 0 aliphatic heterocycles. The van der Waals surface area contributed by atoms with Crippen molar-refractivity contribution in [1.29, 1.82) is 0 Å². The molecule has 0 saturated carbocycles. The number of rotatable bonds is 1. The second kappa shape index (κ2) is 3.79. The molecule has 2 aromatic heterocycles. The first-order valence-electron chi connectivity index (χ1n) is 5.36. The Balaban J connectivity index is 2.03. The summed E-state index contributed by atoms with van der Waals surface area (Å²) in [5.74, 6) is 0. The Morgan fingerprint density at radius 3 is 2.56 bits per heavy atom. The highest BCUT2D eigenvalue weighted by molar-refractivity contribution is 7.00. The summed E-state index contributed by atoms with van der Waals surface area (Å²) < 4.78 is 17.1. The van der Waals surface area contributed by atoms with E-state index < -0.39 is 0 Å². The predicted molar refractivity (Wildman–Crippen MR) is 73.8 cm³/mol. The number of fused-ring (bicyclic) bond motifs is 2. The fourth-order valence-corrected chi connectivity index (χ4v) is 3.06. The van der Waals surface area contributed by atoms with Gasteiger partial charge in [0.15, 0.2) is 0 Å². The maximum Gasteiger partial charge on any atom is 0.112 e. The minimum Gasteiger partial charge on any atom is -0.173 e. The second-order valence-corrected chi connectivity index (χ2v) is 4.96. The maximum atomic E-state index is 4.36. The van der Waals surface area contributed by atoms with Gasteiger partial charge < -0.3 is 0 Å². The quantitative estimate of drug-likeness (QED) is 0.532. The molecule has 0 bridgehead atoms. The van der Waals surface area contributed by atoms with Crippen LogP contribution in [0.25, 0.3) is 33.2 Å². The molecule has 0 unspecified atom stereocenters. The van der Waals surface area contributed by atoms with Crippen LogP contribution in [0.2, 0.25) is 0 Å². The van der Waals surface area contributed by atoms with Crippen LogP contribution >= 0.6 is 23.5 Å². The third-order valence-electron chi connectivity index (χ3n) is 2.85. The van der Waals surface area contributed by atoms with E-state index in [1.807, 2.05) is 24.3 Å². The van der Waals surface area contributed by atoms with Crippen LogP contribution in [0, 0.1) is 0 Å². The summed E-state index contributed by atoms with van der Waals surface area (Å²) in [5.41, 5.74) is 5.95. The summed E-state index contributed by atoms with van der Waals surface area (Å²) in [6.07, 6.45) is 0. The minimum absolute atomic E-state index is 0.928. The first-order chi connectivity index (χ1) is 8.92. The number of hydrogen-bond donors (Lipinski definition) is 0. The van der Waals surface area contributed by atoms with Crippen LogP contribution in [0.3, 0.4) is 0 Å². The van der Waals surface area contributed by atoms with Crippen LogP contribution in [-0.2, 0) is 0 Å². The number of benzene rings is 2. The molecule has 4 nitrogen and oxygen atoms in total. The number of nitrogens with zero attached hydrogens (tertiary/aromatic N) is 4. The molecule has 0 aliphatic carbocycles. The molecule has 4 rings (SSSR count). The monoisotopic (exact) mass is 270 g/mol. The van der Waals surface area contributed by atoms with Crippen molar-refractivity contribution in [1.82, 2.24) is 17.5 Å². The lowest BCUT2D eigenvalue weighted by Crippen LogP contribution is -1.81. The molecule has 2 heterocycles. The first kappa shape index (κ1) is 10.0. The van der Waals surface area contributed by atoms with Crippen molar-refractivity contribution in [2.24, 2.45) is 0 Å². The third kappa shape index (κ3) is 1.43. The van der Waals surface area contributed by atoms with Gasteiger partial charge in [-0.3, -0.25) is 0 Å². The number of aromatic nitrogens is 4. The average Bonchev–Trinajstić information content (AvgIpc) is 3.05. The van der Waals surface area contributed by atoms with Crippen molar-refractivity contribution >= 4 is 45.5 Å². The largest absolute Gasteiger partial charge is 0.173 e. The molecule has 0 saturated heterocycles. The Hall–Kier alpha value is -1.92. The van der Waals surface area contributed by atoms with Crippen LogP contribution in [0.4, 0.5) is 0 Å². The van der Waals surface area contributed by atoms with E-state index in [0.717, 1.165) is 33.2 Å². The van der Waals surface area contributed by atoms with E-state index in [0.29, 0.717) is 0 Å². The van der Waals surface area contributed by atoms with E-state index >= 15 is 0 Å². The Kier molecular flexibility index (Phi) is 2.12. The molecule has 0 fully saturated rings. The fourth-order valence-electron chi connectivity index (χ4n) is 1.99. The highest BCUT2D eigenvalue weighted by Crippen LogP contribution is 2.29. The molecular formula is C12H6N4S2. The van der Waals surface area contributed by atoms with Gasteiger partial charge in [-0.2, -0.15) is 17.5 Å². The molecule has 0 amide bonds. The van der Waals surface area contributed by atoms with Crippen LogP contribution in [0.5, 0.6) is 0 Å². The molecule has 2 aromatic carbocycles. The third-order valence-corrected chi connectivity index (χ3v) is 3.95. The van der Waals surface area contributed by atoms with Gasteiger partial charge in [-0.15, -0.1) is 0 Å². The molecule has 18 heavy (non-hydrogen) atoms. The van der Waals surface area contributed by atoms with E-state index in [-0.39, 0.29) is 0 Å². The maximum absolute atomic E-state index is 4.36. The smallest absolute Gasteiger partial charge is 0.112 e. The SMILES string of the molecule is c1cc(-c2ccc3nsnc3c2)c2nsnc2c1. The summed E-state index contributed by atoms with van der Waals surface area (Å²) in [5, 5.41) is 0. The Labute approximate surface area is 111 Å². The van der Waals surface area contributed by atoms with Crippen molar-refractivity contribution < 1.29 is 0 Å². The summed E-state index contributed by atoms with van der Waals surface area (Å²) in [4.78, 5) is 0. The van der Waals surface area contributed by atoms with Gasteiger partial charge >= 0.3 is 0 Å². The zero-order chi connectivity index (χ0) is 11.9. The fraction of sp³-hybridized carbons (Fsp3) is 0. The van der Waals surface area contributed by atoms with Crippen LogP contribution < -0.4 is 0 Å². The minimum atomic E-state index is 0.928. The van der Waals surface area contributed by atoms with Gasteiger partial charge in [0.05, 0.1) is 23.5 Å². The lowest BCUT2D eigenvalue weighted by atomic mass is 10.0. The normalized spacial score (nSPS) is 11.3. The lowest BCUT2D eigenvalue weighted by Gasteiger charge is -2.01. The molecule has 0 spiro atoms.